The number of hydrogen-bond acceptors (Lipinski definition) is 6. The molecule has 1 amide bonds. The first kappa shape index (κ1) is 15.2. The standard InChI is InChI=1S/C13H18N4O4/c1-2-14-12-6-10(11(7-15-12)17(20)21)13(19)16-5-3-4-9(16)8-18/h6-7,9,18H,2-5,8H2,1H3,(H,14,15). The third-order valence-electron chi connectivity index (χ3n) is 3.52. The second-order valence-electron chi connectivity index (χ2n) is 4.85. The number of aromatic nitrogens is 1. The quantitative estimate of drug-likeness (QED) is 0.620. The number of pyridine rings is 1. The van der Waals surface area contributed by atoms with Crippen LogP contribution in [0, 0.1) is 10.1 Å². The molecule has 1 aliphatic heterocycles. The van der Waals surface area contributed by atoms with Crippen LogP contribution in [-0.2, 0) is 0 Å². The number of aliphatic hydroxyl groups excluding tert-OH is 1. The van der Waals surface area contributed by atoms with Crippen molar-refractivity contribution in [3.8, 4) is 0 Å². The number of nitrogens with zero attached hydrogens (tertiary/aromatic N) is 3. The van der Waals surface area contributed by atoms with Gasteiger partial charge in [0.05, 0.1) is 17.6 Å². The van der Waals surface area contributed by atoms with Crippen molar-refractivity contribution in [2.45, 2.75) is 25.8 Å². The van der Waals surface area contributed by atoms with Crippen LogP contribution in [0.15, 0.2) is 12.3 Å². The molecule has 1 aromatic heterocycles. The lowest BCUT2D eigenvalue weighted by Crippen LogP contribution is -2.38. The summed E-state index contributed by atoms with van der Waals surface area (Å²) in [7, 11) is 0. The highest BCUT2D eigenvalue weighted by Gasteiger charge is 2.32. The van der Waals surface area contributed by atoms with Gasteiger partial charge in [-0.25, -0.2) is 4.98 Å². The minimum atomic E-state index is -0.611. The second-order valence-corrected chi connectivity index (χ2v) is 4.85. The molecule has 2 rings (SSSR count). The van der Waals surface area contributed by atoms with E-state index in [0.29, 0.717) is 25.3 Å². The molecule has 21 heavy (non-hydrogen) atoms. The number of hydrogen-bond donors (Lipinski definition) is 2. The largest absolute Gasteiger partial charge is 0.394 e. The molecule has 2 N–H and O–H groups in total. The molecule has 1 unspecified atom stereocenters. The molecule has 1 aromatic rings. The van der Waals surface area contributed by atoms with Crippen LogP contribution in [0.1, 0.15) is 30.1 Å². The summed E-state index contributed by atoms with van der Waals surface area (Å²) in [5, 5.41) is 23.3. The number of amides is 1. The first-order chi connectivity index (χ1) is 10.1. The molecule has 2 heterocycles. The Morgan fingerprint density at radius 3 is 3.05 bits per heavy atom. The zero-order valence-electron chi connectivity index (χ0n) is 11.8. The molecule has 0 radical (unpaired) electrons. The van der Waals surface area contributed by atoms with Crippen LogP contribution in [0.3, 0.4) is 0 Å². The highest BCUT2D eigenvalue weighted by atomic mass is 16.6. The van der Waals surface area contributed by atoms with E-state index < -0.39 is 10.8 Å². The van der Waals surface area contributed by atoms with Gasteiger partial charge >= 0.3 is 0 Å². The van der Waals surface area contributed by atoms with Crippen LogP contribution in [-0.4, -0.2) is 51.6 Å². The highest BCUT2D eigenvalue weighted by Crippen LogP contribution is 2.26. The summed E-state index contributed by atoms with van der Waals surface area (Å²) in [5.41, 5.74) is -0.309. The Hall–Kier alpha value is -2.22. The topological polar surface area (TPSA) is 109 Å². The van der Waals surface area contributed by atoms with Gasteiger partial charge in [-0.1, -0.05) is 0 Å². The van der Waals surface area contributed by atoms with E-state index in [1.54, 1.807) is 0 Å². The normalized spacial score (nSPS) is 17.8. The molecule has 1 atom stereocenters. The first-order valence-corrected chi connectivity index (χ1v) is 6.88. The number of rotatable bonds is 5. The maximum absolute atomic E-state index is 12.6. The molecule has 1 fully saturated rings. The molecule has 1 aliphatic rings. The van der Waals surface area contributed by atoms with Crippen molar-refractivity contribution < 1.29 is 14.8 Å². The zero-order valence-corrected chi connectivity index (χ0v) is 11.8. The van der Waals surface area contributed by atoms with Crippen LogP contribution >= 0.6 is 0 Å². The van der Waals surface area contributed by atoms with E-state index in [0.717, 1.165) is 12.6 Å². The third kappa shape index (κ3) is 3.10. The van der Waals surface area contributed by atoms with Gasteiger partial charge in [-0.05, 0) is 19.8 Å². The van der Waals surface area contributed by atoms with Gasteiger partial charge in [0, 0.05) is 19.2 Å². The summed E-state index contributed by atoms with van der Waals surface area (Å²) in [4.78, 5) is 28.5. The Bertz CT molecular complexity index is 549. The monoisotopic (exact) mass is 294 g/mol. The summed E-state index contributed by atoms with van der Waals surface area (Å²) in [6, 6.07) is 1.13. The average molecular weight is 294 g/mol. The van der Waals surface area contributed by atoms with Crippen molar-refractivity contribution in [3.05, 3.63) is 27.9 Å². The van der Waals surface area contributed by atoms with Gasteiger partial charge < -0.3 is 15.3 Å². The molecule has 0 saturated carbocycles. The summed E-state index contributed by atoms with van der Waals surface area (Å²) >= 11 is 0. The van der Waals surface area contributed by atoms with E-state index in [4.69, 9.17) is 0 Å². The Morgan fingerprint density at radius 1 is 1.67 bits per heavy atom. The molecule has 0 bridgehead atoms. The maximum atomic E-state index is 12.6. The van der Waals surface area contributed by atoms with Gasteiger partial charge in [-0.2, -0.15) is 0 Å². The molecular formula is C13H18N4O4. The van der Waals surface area contributed by atoms with E-state index in [-0.39, 0.29) is 23.9 Å². The van der Waals surface area contributed by atoms with E-state index in [1.807, 2.05) is 6.92 Å². The molecule has 0 aromatic carbocycles. The van der Waals surface area contributed by atoms with Gasteiger partial charge in [0.1, 0.15) is 17.6 Å². The maximum Gasteiger partial charge on any atom is 0.300 e. The smallest absolute Gasteiger partial charge is 0.300 e. The molecule has 0 aliphatic carbocycles. The number of carbonyl (C=O) groups excluding carboxylic acids is 1. The van der Waals surface area contributed by atoms with Gasteiger partial charge in [0.25, 0.3) is 11.6 Å². The lowest BCUT2D eigenvalue weighted by Gasteiger charge is -2.23. The number of carbonyl (C=O) groups is 1. The molecule has 0 spiro atoms. The number of aliphatic hydroxyl groups is 1. The van der Waals surface area contributed by atoms with Gasteiger partial charge in [-0.15, -0.1) is 0 Å². The minimum Gasteiger partial charge on any atom is -0.394 e. The Balaban J connectivity index is 2.37. The Labute approximate surface area is 121 Å². The SMILES string of the molecule is CCNc1cc(C(=O)N2CCCC2CO)c([N+](=O)[O-])cn1. The fourth-order valence-electron chi connectivity index (χ4n) is 2.49. The lowest BCUT2D eigenvalue weighted by atomic mass is 10.1. The molecular weight excluding hydrogens is 276 g/mol. The van der Waals surface area contributed by atoms with Crippen LogP contribution in [0.4, 0.5) is 11.5 Å². The number of nitro groups is 1. The number of anilines is 1. The predicted molar refractivity (Wildman–Crippen MR) is 76.2 cm³/mol. The van der Waals surface area contributed by atoms with Gasteiger partial charge in [0.2, 0.25) is 0 Å². The Kier molecular flexibility index (Phi) is 4.69. The van der Waals surface area contributed by atoms with Crippen LogP contribution in [0.25, 0.3) is 0 Å². The third-order valence-corrected chi connectivity index (χ3v) is 3.52. The van der Waals surface area contributed by atoms with Crippen molar-refractivity contribution in [1.29, 1.82) is 0 Å². The molecule has 8 heteroatoms. The fraction of sp³-hybridized carbons (Fsp3) is 0.538. The summed E-state index contributed by atoms with van der Waals surface area (Å²) in [5.74, 6) is -0.00833. The van der Waals surface area contributed by atoms with Crippen LogP contribution in [0.2, 0.25) is 0 Å². The van der Waals surface area contributed by atoms with Gasteiger partial charge in [-0.3, -0.25) is 14.9 Å². The van der Waals surface area contributed by atoms with Crippen molar-refractivity contribution >= 4 is 17.4 Å². The van der Waals surface area contributed by atoms with Crippen LogP contribution in [0.5, 0.6) is 0 Å². The first-order valence-electron chi connectivity index (χ1n) is 6.88. The van der Waals surface area contributed by atoms with Crippen molar-refractivity contribution in [2.24, 2.45) is 0 Å². The van der Waals surface area contributed by atoms with Gasteiger partial charge in [0.15, 0.2) is 0 Å². The van der Waals surface area contributed by atoms with E-state index in [9.17, 15) is 20.0 Å². The predicted octanol–water partition coefficient (Wildman–Crippen LogP) is 1.02. The molecule has 1 saturated heterocycles. The minimum absolute atomic E-state index is 0.00583. The average Bonchev–Trinajstić information content (AvgIpc) is 2.95. The highest BCUT2D eigenvalue weighted by molar-refractivity contribution is 5.99. The lowest BCUT2D eigenvalue weighted by molar-refractivity contribution is -0.385. The van der Waals surface area contributed by atoms with Crippen LogP contribution < -0.4 is 5.32 Å². The summed E-state index contributed by atoms with van der Waals surface area (Å²) in [6.45, 7) is 2.83. The molecule has 114 valence electrons. The Morgan fingerprint density at radius 2 is 2.43 bits per heavy atom. The van der Waals surface area contributed by atoms with Crippen molar-refractivity contribution in [1.82, 2.24) is 9.88 Å². The second kappa shape index (κ2) is 6.49. The van der Waals surface area contributed by atoms with E-state index >= 15 is 0 Å². The van der Waals surface area contributed by atoms with Crippen molar-refractivity contribution in [3.63, 3.8) is 0 Å². The zero-order chi connectivity index (χ0) is 15.4. The number of likely N-dealkylation sites (tertiary alicyclic amines) is 1. The summed E-state index contributed by atoms with van der Waals surface area (Å²) < 4.78 is 0. The molecule has 8 nitrogen and oxygen atoms in total. The van der Waals surface area contributed by atoms with Crippen molar-refractivity contribution in [2.75, 3.05) is 25.0 Å². The fourth-order valence-corrected chi connectivity index (χ4v) is 2.49. The summed E-state index contributed by atoms with van der Waals surface area (Å²) in [6.07, 6.45) is 2.59. The van der Waals surface area contributed by atoms with E-state index in [2.05, 4.69) is 10.3 Å². The van der Waals surface area contributed by atoms with E-state index in [1.165, 1.54) is 11.0 Å². The number of nitrogens with one attached hydrogen (secondary N) is 1.